The van der Waals surface area contributed by atoms with Crippen LogP contribution < -0.4 is 19.5 Å². The number of ether oxygens (including phenoxy) is 4. The van der Waals surface area contributed by atoms with Gasteiger partial charge in [-0.1, -0.05) is 24.3 Å². The number of hydrogen-bond acceptors (Lipinski definition) is 5. The number of hydrogen-bond donors (Lipinski definition) is 1. The molecule has 2 aromatic rings. The van der Waals surface area contributed by atoms with Gasteiger partial charge in [0.25, 0.3) is 5.91 Å². The highest BCUT2D eigenvalue weighted by molar-refractivity contribution is 5.87. The van der Waals surface area contributed by atoms with E-state index < -0.39 is 5.60 Å². The maximum atomic E-state index is 13.2. The second-order valence-corrected chi connectivity index (χ2v) is 6.72. The lowest BCUT2D eigenvalue weighted by Gasteiger charge is -2.36. The quantitative estimate of drug-likeness (QED) is 0.793. The first-order valence-corrected chi connectivity index (χ1v) is 9.31. The summed E-state index contributed by atoms with van der Waals surface area (Å²) in [5.41, 5.74) is 1.93. The van der Waals surface area contributed by atoms with E-state index in [0.29, 0.717) is 23.7 Å². The van der Waals surface area contributed by atoms with E-state index in [-0.39, 0.29) is 12.5 Å². The third kappa shape index (κ3) is 3.40. The van der Waals surface area contributed by atoms with Crippen LogP contribution in [0.25, 0.3) is 0 Å². The molecule has 0 radical (unpaired) electrons. The Bertz CT molecular complexity index is 851. The summed E-state index contributed by atoms with van der Waals surface area (Å²) in [5, 5.41) is 3.02. The number of nitrogens with one attached hydrogen (secondary N) is 1. The van der Waals surface area contributed by atoms with E-state index >= 15 is 0 Å². The van der Waals surface area contributed by atoms with Crippen LogP contribution in [0.4, 0.5) is 0 Å². The summed E-state index contributed by atoms with van der Waals surface area (Å²) < 4.78 is 22.1. The Hall–Kier alpha value is -2.73. The molecule has 6 heteroatoms. The highest BCUT2D eigenvalue weighted by Crippen LogP contribution is 2.41. The van der Waals surface area contributed by atoms with Gasteiger partial charge >= 0.3 is 0 Å². The van der Waals surface area contributed by atoms with Crippen LogP contribution >= 0.6 is 0 Å². The highest BCUT2D eigenvalue weighted by atomic mass is 16.5. The molecular weight excluding hydrogens is 358 g/mol. The number of methoxy groups -OCH3 is 4. The van der Waals surface area contributed by atoms with Crippen molar-refractivity contribution in [2.24, 2.45) is 0 Å². The first-order valence-electron chi connectivity index (χ1n) is 9.31. The summed E-state index contributed by atoms with van der Waals surface area (Å²) in [7, 11) is 6.29. The Morgan fingerprint density at radius 1 is 1.00 bits per heavy atom. The molecule has 0 spiro atoms. The Kier molecular flexibility index (Phi) is 6.09. The SMILES string of the molecule is COc1ccc(CNC(=O)C2(OC)CCCc3ccccc32)c(OC)c1OC. The standard InChI is InChI=1S/C22H27NO5/c1-25-18-12-11-16(19(26-2)20(18)27-3)14-23-21(24)22(28-4)13-7-9-15-8-5-6-10-17(15)22/h5-6,8,10-12H,7,9,13-14H2,1-4H3,(H,23,24). The van der Waals surface area contributed by atoms with E-state index in [1.165, 1.54) is 0 Å². The van der Waals surface area contributed by atoms with Gasteiger partial charge in [-0.25, -0.2) is 0 Å². The van der Waals surface area contributed by atoms with Crippen molar-refractivity contribution in [2.45, 2.75) is 31.4 Å². The molecule has 1 atom stereocenters. The van der Waals surface area contributed by atoms with E-state index in [1.807, 2.05) is 24.3 Å². The molecule has 1 amide bonds. The number of amides is 1. The largest absolute Gasteiger partial charge is 0.493 e. The zero-order valence-electron chi connectivity index (χ0n) is 16.8. The van der Waals surface area contributed by atoms with Gasteiger partial charge in [-0.05, 0) is 42.5 Å². The van der Waals surface area contributed by atoms with Crippen LogP contribution in [0.15, 0.2) is 36.4 Å². The number of carbonyl (C=O) groups excluding carboxylic acids is 1. The van der Waals surface area contributed by atoms with Crippen molar-refractivity contribution in [1.82, 2.24) is 5.32 Å². The van der Waals surface area contributed by atoms with Gasteiger partial charge in [0.1, 0.15) is 0 Å². The molecule has 3 rings (SSSR count). The van der Waals surface area contributed by atoms with Crippen LogP contribution in [0, 0.1) is 0 Å². The summed E-state index contributed by atoms with van der Waals surface area (Å²) in [6, 6.07) is 11.6. The molecule has 0 aliphatic heterocycles. The maximum Gasteiger partial charge on any atom is 0.257 e. The number of carbonyl (C=O) groups is 1. The van der Waals surface area contributed by atoms with Crippen molar-refractivity contribution in [2.75, 3.05) is 28.4 Å². The van der Waals surface area contributed by atoms with Crippen LogP contribution in [-0.4, -0.2) is 34.3 Å². The normalized spacial score (nSPS) is 18.1. The van der Waals surface area contributed by atoms with E-state index in [2.05, 4.69) is 11.4 Å². The Labute approximate surface area is 165 Å². The fourth-order valence-corrected chi connectivity index (χ4v) is 3.96. The summed E-state index contributed by atoms with van der Waals surface area (Å²) >= 11 is 0. The molecule has 1 N–H and O–H groups in total. The Morgan fingerprint density at radius 3 is 2.43 bits per heavy atom. The van der Waals surface area contributed by atoms with Crippen LogP contribution in [0.2, 0.25) is 0 Å². The minimum atomic E-state index is -0.974. The van der Waals surface area contributed by atoms with Gasteiger partial charge in [-0.3, -0.25) is 4.79 Å². The van der Waals surface area contributed by atoms with Gasteiger partial charge in [0.05, 0.1) is 21.3 Å². The predicted molar refractivity (Wildman–Crippen MR) is 106 cm³/mol. The van der Waals surface area contributed by atoms with Crippen molar-refractivity contribution in [1.29, 1.82) is 0 Å². The lowest BCUT2D eigenvalue weighted by Crippen LogP contribution is -2.47. The lowest BCUT2D eigenvalue weighted by atomic mass is 9.78. The van der Waals surface area contributed by atoms with Crippen molar-refractivity contribution in [3.63, 3.8) is 0 Å². The zero-order valence-corrected chi connectivity index (χ0v) is 16.8. The van der Waals surface area contributed by atoms with Crippen LogP contribution in [0.3, 0.4) is 0 Å². The highest BCUT2D eigenvalue weighted by Gasteiger charge is 2.43. The summed E-state index contributed by atoms with van der Waals surface area (Å²) in [6.45, 7) is 0.287. The predicted octanol–water partition coefficient (Wildman–Crippen LogP) is 3.21. The summed E-state index contributed by atoms with van der Waals surface area (Å²) in [4.78, 5) is 13.2. The maximum absolute atomic E-state index is 13.2. The van der Waals surface area contributed by atoms with Crippen molar-refractivity contribution in [3.8, 4) is 17.2 Å². The van der Waals surface area contributed by atoms with Gasteiger partial charge in [0, 0.05) is 19.2 Å². The molecule has 1 aliphatic rings. The monoisotopic (exact) mass is 385 g/mol. The third-order valence-corrected chi connectivity index (χ3v) is 5.37. The van der Waals surface area contributed by atoms with Crippen molar-refractivity contribution < 1.29 is 23.7 Å². The average Bonchev–Trinajstić information content (AvgIpc) is 2.75. The zero-order chi connectivity index (χ0) is 20.1. The molecule has 0 aromatic heterocycles. The lowest BCUT2D eigenvalue weighted by molar-refractivity contribution is -0.147. The molecule has 0 fully saturated rings. The van der Waals surface area contributed by atoms with E-state index in [9.17, 15) is 4.79 Å². The second-order valence-electron chi connectivity index (χ2n) is 6.72. The molecule has 0 saturated heterocycles. The van der Waals surface area contributed by atoms with E-state index in [0.717, 1.165) is 29.5 Å². The fraction of sp³-hybridized carbons (Fsp3) is 0.409. The molecule has 1 aliphatic carbocycles. The second kappa shape index (κ2) is 8.52. The number of aryl methyl sites for hydroxylation is 1. The fourth-order valence-electron chi connectivity index (χ4n) is 3.96. The third-order valence-electron chi connectivity index (χ3n) is 5.37. The molecule has 6 nitrogen and oxygen atoms in total. The Balaban J connectivity index is 1.86. The molecular formula is C22H27NO5. The molecule has 2 aromatic carbocycles. The molecule has 0 saturated carbocycles. The smallest absolute Gasteiger partial charge is 0.257 e. The molecule has 0 bridgehead atoms. The van der Waals surface area contributed by atoms with Crippen molar-refractivity contribution in [3.05, 3.63) is 53.1 Å². The average molecular weight is 385 g/mol. The molecule has 28 heavy (non-hydrogen) atoms. The summed E-state index contributed by atoms with van der Waals surface area (Å²) in [6.07, 6.45) is 2.51. The van der Waals surface area contributed by atoms with E-state index in [1.54, 1.807) is 34.5 Å². The van der Waals surface area contributed by atoms with Crippen molar-refractivity contribution >= 4 is 5.91 Å². The van der Waals surface area contributed by atoms with Crippen LogP contribution in [-0.2, 0) is 28.1 Å². The van der Waals surface area contributed by atoms with E-state index in [4.69, 9.17) is 18.9 Å². The first kappa shape index (κ1) is 20.0. The Morgan fingerprint density at radius 2 is 1.75 bits per heavy atom. The van der Waals surface area contributed by atoms with Gasteiger partial charge in [0.15, 0.2) is 17.1 Å². The van der Waals surface area contributed by atoms with Gasteiger partial charge in [-0.15, -0.1) is 0 Å². The number of benzene rings is 2. The number of rotatable bonds is 7. The minimum absolute atomic E-state index is 0.154. The van der Waals surface area contributed by atoms with Gasteiger partial charge in [0.2, 0.25) is 5.75 Å². The van der Waals surface area contributed by atoms with Gasteiger partial charge < -0.3 is 24.3 Å². The van der Waals surface area contributed by atoms with Crippen LogP contribution in [0.5, 0.6) is 17.2 Å². The number of fused-ring (bicyclic) bond motifs is 1. The van der Waals surface area contributed by atoms with Gasteiger partial charge in [-0.2, -0.15) is 0 Å². The van der Waals surface area contributed by atoms with Crippen LogP contribution in [0.1, 0.15) is 29.5 Å². The summed E-state index contributed by atoms with van der Waals surface area (Å²) in [5.74, 6) is 1.46. The molecule has 150 valence electrons. The minimum Gasteiger partial charge on any atom is -0.493 e. The topological polar surface area (TPSA) is 66.0 Å². The molecule has 1 unspecified atom stereocenters. The molecule has 0 heterocycles. The first-order chi connectivity index (χ1) is 13.6.